The molecule has 0 saturated carbocycles. The molecule has 0 rings (SSSR count). The molecule has 10 heteroatoms. The summed E-state index contributed by atoms with van der Waals surface area (Å²) in [5.41, 5.74) is 0. The van der Waals surface area contributed by atoms with Crippen LogP contribution in [0, 0.1) is 0 Å². The maximum atomic E-state index is 4.26. The van der Waals surface area contributed by atoms with E-state index in [1.165, 1.54) is 0 Å². The number of hydrogen-bond donors (Lipinski definition) is 0. The third-order valence-electron chi connectivity index (χ3n) is 2.40. The average molecular weight is 423 g/mol. The summed E-state index contributed by atoms with van der Waals surface area (Å²) in [7, 11) is 28.5. The zero-order chi connectivity index (χ0) is 18.6. The number of halogens is 1. The Bertz CT molecular complexity index is 184. The van der Waals surface area contributed by atoms with Gasteiger partial charge in [0.2, 0.25) is 16.7 Å². The second-order valence-electron chi connectivity index (χ2n) is 5.97. The molecular formula is C12H38ClN6NiP2+2. The molecule has 0 aromatic heterocycles. The number of rotatable bonds is 6. The molecular weight excluding hydrogens is 384 g/mol. The van der Waals surface area contributed by atoms with Crippen molar-refractivity contribution >= 4 is 26.9 Å². The van der Waals surface area contributed by atoms with Crippen LogP contribution in [0.15, 0.2) is 0 Å². The van der Waals surface area contributed by atoms with E-state index < -0.39 is 16.7 Å². The van der Waals surface area contributed by atoms with Gasteiger partial charge in [0, 0.05) is 84.6 Å². The normalized spacial score (nSPS) is 11.8. The van der Waals surface area contributed by atoms with Gasteiger partial charge in [-0.25, -0.2) is 0 Å². The van der Waals surface area contributed by atoms with Crippen LogP contribution in [0.5, 0.6) is 0 Å². The molecule has 0 aromatic carbocycles. The Morgan fingerprint density at radius 2 is 0.500 bits per heavy atom. The SMILES string of the molecule is CN(C)[PH+](N(C)C)N(C)C.CN(C)[PH+](N(C)C)N(C)C.[Cl][Ni]. The van der Waals surface area contributed by atoms with Crippen molar-refractivity contribution in [2.24, 2.45) is 0 Å². The summed E-state index contributed by atoms with van der Waals surface area (Å²) < 4.78 is 13.6. The fraction of sp³-hybridized carbons (Fsp3) is 1.00. The predicted octanol–water partition coefficient (Wildman–Crippen LogP) is 1.95. The number of hydrogen-bond acceptors (Lipinski definition) is 6. The average Bonchev–Trinajstić information content (AvgIpc) is 2.28. The summed E-state index contributed by atoms with van der Waals surface area (Å²) in [6.45, 7) is 0. The van der Waals surface area contributed by atoms with Crippen molar-refractivity contribution in [3.05, 3.63) is 0 Å². The van der Waals surface area contributed by atoms with Crippen molar-refractivity contribution in [1.82, 2.24) is 28.0 Å². The summed E-state index contributed by atoms with van der Waals surface area (Å²) in [5, 5.41) is 0. The monoisotopic (exact) mass is 421 g/mol. The van der Waals surface area contributed by atoms with Crippen LogP contribution in [0.1, 0.15) is 0 Å². The topological polar surface area (TPSA) is 19.4 Å². The van der Waals surface area contributed by atoms with Crippen molar-refractivity contribution in [2.75, 3.05) is 84.6 Å². The molecule has 0 N–H and O–H groups in total. The minimum absolute atomic E-state index is 0.596. The zero-order valence-corrected chi connectivity index (χ0v) is 20.1. The fourth-order valence-corrected chi connectivity index (χ4v) is 7.20. The summed E-state index contributed by atoms with van der Waals surface area (Å²) >= 11 is 3.35. The Labute approximate surface area is 154 Å². The van der Waals surface area contributed by atoms with Crippen LogP contribution < -0.4 is 0 Å². The standard InChI is InChI=1S/2C6H18N3P.ClH.Ni/c2*1-7(2)10(8(3)4)9(5)6;;/h2*1-6H3;1H;/q;;;+1/p+1. The van der Waals surface area contributed by atoms with Crippen molar-refractivity contribution in [1.29, 1.82) is 0 Å². The molecule has 0 saturated heterocycles. The molecule has 6 nitrogen and oxygen atoms in total. The van der Waals surface area contributed by atoms with E-state index in [2.05, 4.69) is 137 Å². The van der Waals surface area contributed by atoms with Crippen LogP contribution in [0.3, 0.4) is 0 Å². The Hall–Kier alpha value is 1.40. The van der Waals surface area contributed by atoms with Crippen LogP contribution in [0.4, 0.5) is 0 Å². The van der Waals surface area contributed by atoms with E-state index in [9.17, 15) is 0 Å². The van der Waals surface area contributed by atoms with Gasteiger partial charge >= 0.3 is 24.8 Å². The molecule has 0 heterocycles. The molecule has 22 heavy (non-hydrogen) atoms. The van der Waals surface area contributed by atoms with E-state index in [0.29, 0.717) is 0 Å². The van der Waals surface area contributed by atoms with Gasteiger partial charge in [-0.15, -0.1) is 0 Å². The first-order valence-corrected chi connectivity index (χ1v) is 10.9. The first kappa shape index (κ1) is 28.2. The third kappa shape index (κ3) is 13.8. The van der Waals surface area contributed by atoms with Crippen molar-refractivity contribution in [3.63, 3.8) is 0 Å². The van der Waals surface area contributed by atoms with Crippen LogP contribution in [0.2, 0.25) is 0 Å². The van der Waals surface area contributed by atoms with Gasteiger partial charge in [0.05, 0.1) is 0 Å². The summed E-state index contributed by atoms with van der Waals surface area (Å²) in [6.07, 6.45) is 0. The van der Waals surface area contributed by atoms with Gasteiger partial charge in [-0.3, -0.25) is 0 Å². The van der Waals surface area contributed by atoms with Gasteiger partial charge in [-0.1, -0.05) is 0 Å². The van der Waals surface area contributed by atoms with Gasteiger partial charge in [0.15, 0.2) is 0 Å². The molecule has 0 aliphatic rings. The third-order valence-corrected chi connectivity index (χ3v) is 7.20. The molecule has 0 fully saturated rings. The Kier molecular flexibility index (Phi) is 20.4. The second-order valence-corrected chi connectivity index (χ2v) is 12.5. The molecule has 0 radical (unpaired) electrons. The first-order chi connectivity index (χ1) is 9.93. The molecule has 0 aromatic rings. The molecule has 0 bridgehead atoms. The molecule has 0 aliphatic carbocycles. The Morgan fingerprint density at radius 1 is 0.409 bits per heavy atom. The fourth-order valence-electron chi connectivity index (χ4n) is 2.40. The van der Waals surface area contributed by atoms with Crippen molar-refractivity contribution in [2.45, 2.75) is 0 Å². The molecule has 141 valence electrons. The first-order valence-electron chi connectivity index (χ1n) is 6.83. The van der Waals surface area contributed by atoms with Crippen molar-refractivity contribution < 1.29 is 14.6 Å². The quantitative estimate of drug-likeness (QED) is 0.478. The second kappa shape index (κ2) is 15.9. The molecule has 0 unspecified atom stereocenters. The van der Waals surface area contributed by atoms with Crippen LogP contribution >= 0.6 is 26.9 Å². The Balaban J connectivity index is -0.000000294. The van der Waals surface area contributed by atoms with E-state index in [0.717, 1.165) is 0 Å². The predicted molar refractivity (Wildman–Crippen MR) is 105 cm³/mol. The van der Waals surface area contributed by atoms with Crippen molar-refractivity contribution in [3.8, 4) is 0 Å². The van der Waals surface area contributed by atoms with Gasteiger partial charge in [-0.05, 0) is 0 Å². The van der Waals surface area contributed by atoms with Crippen LogP contribution in [-0.2, 0) is 14.6 Å². The summed E-state index contributed by atoms with van der Waals surface area (Å²) in [6, 6.07) is 0. The van der Waals surface area contributed by atoms with Gasteiger partial charge in [0.25, 0.3) is 0 Å². The molecule has 0 atom stereocenters. The number of nitrogens with zero attached hydrogens (tertiary/aromatic N) is 6. The maximum absolute atomic E-state index is 4.26. The van der Waals surface area contributed by atoms with E-state index >= 15 is 0 Å². The zero-order valence-electron chi connectivity index (χ0n) is 16.4. The van der Waals surface area contributed by atoms with E-state index in [1.807, 2.05) is 0 Å². The minimum atomic E-state index is -0.596. The van der Waals surface area contributed by atoms with Gasteiger partial charge in [-0.2, -0.15) is 28.0 Å². The van der Waals surface area contributed by atoms with E-state index in [1.54, 1.807) is 0 Å². The molecule has 0 amide bonds. The molecule has 0 aliphatic heterocycles. The summed E-state index contributed by atoms with van der Waals surface area (Å²) in [5.74, 6) is 0. The van der Waals surface area contributed by atoms with E-state index in [4.69, 9.17) is 0 Å². The summed E-state index contributed by atoms with van der Waals surface area (Å²) in [4.78, 5) is 0. The molecule has 0 spiro atoms. The van der Waals surface area contributed by atoms with Crippen LogP contribution in [0.25, 0.3) is 0 Å². The van der Waals surface area contributed by atoms with Gasteiger partial charge < -0.3 is 0 Å². The Morgan fingerprint density at radius 3 is 0.500 bits per heavy atom. The van der Waals surface area contributed by atoms with E-state index in [-0.39, 0.29) is 0 Å². The van der Waals surface area contributed by atoms with Gasteiger partial charge in [0.1, 0.15) is 0 Å². The van der Waals surface area contributed by atoms with Crippen LogP contribution in [-0.4, -0.2) is 113 Å².